The summed E-state index contributed by atoms with van der Waals surface area (Å²) in [6, 6.07) is 9.98. The first-order valence-electron chi connectivity index (χ1n) is 4.59. The van der Waals surface area contributed by atoms with E-state index in [1.807, 2.05) is 36.5 Å². The van der Waals surface area contributed by atoms with E-state index in [0.717, 1.165) is 16.5 Å². The Hall–Kier alpha value is -1.70. The number of Topliss-reactive ketones (excluding diaryl/α,β-unsaturated/α-hetero) is 1. The number of benzene rings is 1. The second kappa shape index (κ2) is 3.58. The molecule has 0 N–H and O–H groups in total. The minimum absolute atomic E-state index is 0.146. The van der Waals surface area contributed by atoms with E-state index in [9.17, 15) is 4.79 Å². The van der Waals surface area contributed by atoms with Crippen molar-refractivity contribution < 1.29 is 4.79 Å². The number of nitrogens with zero attached hydrogens (tertiary/aromatic N) is 1. The highest BCUT2D eigenvalue weighted by atomic mass is 16.1. The number of fused-ring (bicyclic) bond motifs is 1. The molecule has 70 valence electrons. The fourth-order valence-corrected chi connectivity index (χ4v) is 1.48. The molecule has 0 unspecified atom stereocenters. The van der Waals surface area contributed by atoms with Crippen molar-refractivity contribution in [2.75, 3.05) is 0 Å². The summed E-state index contributed by atoms with van der Waals surface area (Å²) in [5.41, 5.74) is 0.844. The number of hydrogen-bond acceptors (Lipinski definition) is 2. The van der Waals surface area contributed by atoms with Crippen LogP contribution in [0.25, 0.3) is 10.8 Å². The Balaban J connectivity index is 2.46. The Bertz CT molecular complexity index is 476. The first-order valence-corrected chi connectivity index (χ1v) is 4.59. The van der Waals surface area contributed by atoms with Crippen LogP contribution >= 0.6 is 0 Å². The molecule has 2 rings (SSSR count). The van der Waals surface area contributed by atoms with Crippen molar-refractivity contribution in [1.82, 2.24) is 4.98 Å². The van der Waals surface area contributed by atoms with E-state index >= 15 is 0 Å². The normalized spacial score (nSPS) is 10.4. The summed E-state index contributed by atoms with van der Waals surface area (Å²) in [6.45, 7) is 1.58. The molecule has 0 spiro atoms. The molecule has 0 amide bonds. The molecule has 0 fully saturated rings. The highest BCUT2D eigenvalue weighted by molar-refractivity contribution is 5.83. The van der Waals surface area contributed by atoms with Gasteiger partial charge in [-0.15, -0.1) is 0 Å². The maximum atomic E-state index is 10.9. The predicted octanol–water partition coefficient (Wildman–Crippen LogP) is 2.37. The van der Waals surface area contributed by atoms with Gasteiger partial charge in [0.25, 0.3) is 0 Å². The number of ketones is 1. The van der Waals surface area contributed by atoms with Gasteiger partial charge in [-0.3, -0.25) is 9.78 Å². The maximum Gasteiger partial charge on any atom is 0.135 e. The van der Waals surface area contributed by atoms with Crippen molar-refractivity contribution in [3.05, 3.63) is 42.2 Å². The zero-order valence-electron chi connectivity index (χ0n) is 8.03. The molecule has 0 saturated heterocycles. The van der Waals surface area contributed by atoms with Gasteiger partial charge < -0.3 is 0 Å². The van der Waals surface area contributed by atoms with Crippen molar-refractivity contribution in [3.63, 3.8) is 0 Å². The summed E-state index contributed by atoms with van der Waals surface area (Å²) >= 11 is 0. The van der Waals surface area contributed by atoms with E-state index in [-0.39, 0.29) is 5.78 Å². The number of pyridine rings is 1. The van der Waals surface area contributed by atoms with E-state index in [1.165, 1.54) is 0 Å². The topological polar surface area (TPSA) is 30.0 Å². The van der Waals surface area contributed by atoms with Gasteiger partial charge in [0.05, 0.1) is 0 Å². The van der Waals surface area contributed by atoms with Crippen molar-refractivity contribution in [3.8, 4) is 0 Å². The van der Waals surface area contributed by atoms with Gasteiger partial charge in [-0.05, 0) is 18.4 Å². The lowest BCUT2D eigenvalue weighted by Crippen LogP contribution is -1.98. The summed E-state index contributed by atoms with van der Waals surface area (Å²) in [5.74, 6) is 0.146. The molecule has 0 aliphatic rings. The molecule has 0 atom stereocenters. The quantitative estimate of drug-likeness (QED) is 0.719. The molecular weight excluding hydrogens is 174 g/mol. The Morgan fingerprint density at radius 2 is 2.00 bits per heavy atom. The Kier molecular flexibility index (Phi) is 2.27. The zero-order valence-corrected chi connectivity index (χ0v) is 8.03. The van der Waals surface area contributed by atoms with Crippen LogP contribution in [0.5, 0.6) is 0 Å². The van der Waals surface area contributed by atoms with Crippen molar-refractivity contribution in [1.29, 1.82) is 0 Å². The fraction of sp³-hybridized carbons (Fsp3) is 0.167. The molecule has 0 aliphatic carbocycles. The van der Waals surface area contributed by atoms with E-state index in [2.05, 4.69) is 4.98 Å². The fourth-order valence-electron chi connectivity index (χ4n) is 1.48. The molecule has 1 aromatic carbocycles. The standard InChI is InChI=1S/C12H11NO/c1-9(14)6-12-7-10-4-2-3-5-11(10)8-13-12/h2-5,7-8H,6H2,1H3. The molecule has 2 heteroatoms. The summed E-state index contributed by atoms with van der Waals surface area (Å²) in [6.07, 6.45) is 2.23. The summed E-state index contributed by atoms with van der Waals surface area (Å²) < 4.78 is 0. The van der Waals surface area contributed by atoms with E-state index in [4.69, 9.17) is 0 Å². The number of carbonyl (C=O) groups excluding carboxylic acids is 1. The molecule has 0 bridgehead atoms. The largest absolute Gasteiger partial charge is 0.300 e. The third-order valence-corrected chi connectivity index (χ3v) is 2.12. The van der Waals surface area contributed by atoms with E-state index in [1.54, 1.807) is 6.92 Å². The van der Waals surface area contributed by atoms with Crippen LogP contribution in [0.15, 0.2) is 36.5 Å². The zero-order chi connectivity index (χ0) is 9.97. The third kappa shape index (κ3) is 1.79. The van der Waals surface area contributed by atoms with Crippen molar-refractivity contribution >= 4 is 16.6 Å². The van der Waals surface area contributed by atoms with Gasteiger partial charge >= 0.3 is 0 Å². The number of carbonyl (C=O) groups is 1. The van der Waals surface area contributed by atoms with Gasteiger partial charge in [0, 0.05) is 23.7 Å². The highest BCUT2D eigenvalue weighted by Crippen LogP contribution is 2.13. The number of rotatable bonds is 2. The third-order valence-electron chi connectivity index (χ3n) is 2.12. The maximum absolute atomic E-state index is 10.9. The number of aromatic nitrogens is 1. The van der Waals surface area contributed by atoms with Gasteiger partial charge in [-0.25, -0.2) is 0 Å². The summed E-state index contributed by atoms with van der Waals surface area (Å²) in [5, 5.41) is 2.25. The molecule has 2 aromatic rings. The molecule has 2 nitrogen and oxygen atoms in total. The molecule has 1 aromatic heterocycles. The van der Waals surface area contributed by atoms with Gasteiger partial charge in [0.15, 0.2) is 0 Å². The lowest BCUT2D eigenvalue weighted by molar-refractivity contribution is -0.116. The first-order chi connectivity index (χ1) is 6.75. The van der Waals surface area contributed by atoms with E-state index in [0.29, 0.717) is 6.42 Å². The Morgan fingerprint density at radius 3 is 2.71 bits per heavy atom. The molecule has 14 heavy (non-hydrogen) atoms. The smallest absolute Gasteiger partial charge is 0.135 e. The van der Waals surface area contributed by atoms with Crippen LogP contribution in [0.2, 0.25) is 0 Å². The van der Waals surface area contributed by atoms with Crippen LogP contribution in [0.3, 0.4) is 0 Å². The van der Waals surface area contributed by atoms with Crippen LogP contribution in [0, 0.1) is 0 Å². The highest BCUT2D eigenvalue weighted by Gasteiger charge is 2.00. The van der Waals surface area contributed by atoms with Gasteiger partial charge in [-0.2, -0.15) is 0 Å². The first kappa shape index (κ1) is 8.88. The van der Waals surface area contributed by atoms with Gasteiger partial charge in [0.1, 0.15) is 5.78 Å². The van der Waals surface area contributed by atoms with Crippen LogP contribution in [0.1, 0.15) is 12.6 Å². The van der Waals surface area contributed by atoms with E-state index < -0.39 is 0 Å². The van der Waals surface area contributed by atoms with Crippen LogP contribution < -0.4 is 0 Å². The van der Waals surface area contributed by atoms with Crippen molar-refractivity contribution in [2.24, 2.45) is 0 Å². The van der Waals surface area contributed by atoms with Crippen molar-refractivity contribution in [2.45, 2.75) is 13.3 Å². The Morgan fingerprint density at radius 1 is 1.29 bits per heavy atom. The molecule has 0 saturated carbocycles. The second-order valence-electron chi connectivity index (χ2n) is 3.40. The molecule has 0 radical (unpaired) electrons. The van der Waals surface area contributed by atoms with Crippen LogP contribution in [-0.2, 0) is 11.2 Å². The summed E-state index contributed by atoms with van der Waals surface area (Å²) in [4.78, 5) is 15.1. The van der Waals surface area contributed by atoms with Gasteiger partial charge in [-0.1, -0.05) is 24.3 Å². The molecule has 1 heterocycles. The second-order valence-corrected chi connectivity index (χ2v) is 3.40. The number of hydrogen-bond donors (Lipinski definition) is 0. The molecule has 0 aliphatic heterocycles. The lowest BCUT2D eigenvalue weighted by atomic mass is 10.1. The van der Waals surface area contributed by atoms with Gasteiger partial charge in [0.2, 0.25) is 0 Å². The average molecular weight is 185 g/mol. The van der Waals surface area contributed by atoms with Crippen LogP contribution in [-0.4, -0.2) is 10.8 Å². The average Bonchev–Trinajstić information content (AvgIpc) is 2.17. The monoisotopic (exact) mass is 185 g/mol. The molecular formula is C12H11NO. The minimum atomic E-state index is 0.146. The minimum Gasteiger partial charge on any atom is -0.300 e. The SMILES string of the molecule is CC(=O)Cc1cc2ccccc2cn1. The van der Waals surface area contributed by atoms with Crippen LogP contribution in [0.4, 0.5) is 0 Å². The lowest BCUT2D eigenvalue weighted by Gasteiger charge is -2.00. The Labute approximate surface area is 82.6 Å². The summed E-state index contributed by atoms with van der Waals surface area (Å²) in [7, 11) is 0. The predicted molar refractivity (Wildman–Crippen MR) is 56.1 cm³/mol.